The van der Waals surface area contributed by atoms with Crippen molar-refractivity contribution in [1.29, 1.82) is 0 Å². The number of urea groups is 1. The second-order valence-corrected chi connectivity index (χ2v) is 4.89. The Morgan fingerprint density at radius 3 is 2.35 bits per heavy atom. The molecular formula is C15H22N2O3. The van der Waals surface area contributed by atoms with Gasteiger partial charge in [-0.1, -0.05) is 6.07 Å². The standard InChI is InChI=1S/C15H22N2O3/c1-5-20-14(18)9-12(4)16-15(19)17-13-7-10(2)6-11(3)8-13/h6-8,12H,5,9H2,1-4H3,(H2,16,17,19). The van der Waals surface area contributed by atoms with Crippen LogP contribution in [0, 0.1) is 13.8 Å². The van der Waals surface area contributed by atoms with Gasteiger partial charge in [0.1, 0.15) is 0 Å². The number of amides is 2. The van der Waals surface area contributed by atoms with Gasteiger partial charge in [-0.3, -0.25) is 4.79 Å². The molecule has 5 nitrogen and oxygen atoms in total. The number of anilines is 1. The molecule has 110 valence electrons. The highest BCUT2D eigenvalue weighted by atomic mass is 16.5. The van der Waals surface area contributed by atoms with Gasteiger partial charge in [-0.2, -0.15) is 0 Å². The van der Waals surface area contributed by atoms with Gasteiger partial charge in [0, 0.05) is 11.7 Å². The third-order valence-corrected chi connectivity index (χ3v) is 2.64. The predicted octanol–water partition coefficient (Wildman–Crippen LogP) is 2.77. The fourth-order valence-electron chi connectivity index (χ4n) is 1.96. The highest BCUT2D eigenvalue weighted by Gasteiger charge is 2.12. The van der Waals surface area contributed by atoms with Crippen LogP contribution in [0.4, 0.5) is 10.5 Å². The third kappa shape index (κ3) is 5.73. The first-order chi connectivity index (χ1) is 9.40. The van der Waals surface area contributed by atoms with E-state index in [-0.39, 0.29) is 24.5 Å². The van der Waals surface area contributed by atoms with E-state index in [1.54, 1.807) is 13.8 Å². The van der Waals surface area contributed by atoms with Crippen LogP contribution >= 0.6 is 0 Å². The SMILES string of the molecule is CCOC(=O)CC(C)NC(=O)Nc1cc(C)cc(C)c1. The van der Waals surface area contributed by atoms with Gasteiger partial charge in [0.05, 0.1) is 13.0 Å². The maximum absolute atomic E-state index is 11.8. The molecule has 0 fully saturated rings. The summed E-state index contributed by atoms with van der Waals surface area (Å²) >= 11 is 0. The van der Waals surface area contributed by atoms with E-state index < -0.39 is 0 Å². The second kappa shape index (κ2) is 7.53. The summed E-state index contributed by atoms with van der Waals surface area (Å²) in [6.07, 6.45) is 0.161. The molecule has 1 atom stereocenters. The van der Waals surface area contributed by atoms with Gasteiger partial charge < -0.3 is 15.4 Å². The van der Waals surface area contributed by atoms with Gasteiger partial charge in [0.15, 0.2) is 0 Å². The van der Waals surface area contributed by atoms with Crippen LogP contribution in [0.25, 0.3) is 0 Å². The number of rotatable bonds is 5. The molecule has 1 aromatic carbocycles. The van der Waals surface area contributed by atoms with E-state index in [9.17, 15) is 9.59 Å². The molecule has 0 saturated heterocycles. The largest absolute Gasteiger partial charge is 0.466 e. The Kier molecular flexibility index (Phi) is 6.03. The van der Waals surface area contributed by atoms with Crippen molar-refractivity contribution in [3.8, 4) is 0 Å². The Morgan fingerprint density at radius 2 is 1.80 bits per heavy atom. The molecule has 0 aliphatic carbocycles. The Bertz CT molecular complexity index is 466. The van der Waals surface area contributed by atoms with Crippen molar-refractivity contribution in [1.82, 2.24) is 5.32 Å². The zero-order valence-corrected chi connectivity index (χ0v) is 12.4. The van der Waals surface area contributed by atoms with Crippen LogP contribution in [-0.4, -0.2) is 24.6 Å². The Morgan fingerprint density at radius 1 is 1.20 bits per heavy atom. The lowest BCUT2D eigenvalue weighted by molar-refractivity contribution is -0.143. The Hall–Kier alpha value is -2.04. The molecule has 0 spiro atoms. The number of carbonyl (C=O) groups excluding carboxylic acids is 2. The van der Waals surface area contributed by atoms with Crippen molar-refractivity contribution in [2.24, 2.45) is 0 Å². The van der Waals surface area contributed by atoms with Crippen molar-refractivity contribution in [3.05, 3.63) is 29.3 Å². The maximum atomic E-state index is 11.8. The lowest BCUT2D eigenvalue weighted by atomic mass is 10.1. The average molecular weight is 278 g/mol. The average Bonchev–Trinajstić information content (AvgIpc) is 2.26. The Balaban J connectivity index is 2.48. The molecule has 1 unspecified atom stereocenters. The van der Waals surface area contributed by atoms with Gasteiger partial charge in [-0.25, -0.2) is 4.79 Å². The number of esters is 1. The van der Waals surface area contributed by atoms with Gasteiger partial charge in [-0.05, 0) is 51.0 Å². The van der Waals surface area contributed by atoms with Crippen molar-refractivity contribution < 1.29 is 14.3 Å². The molecule has 5 heteroatoms. The van der Waals surface area contributed by atoms with E-state index in [4.69, 9.17) is 4.74 Å². The fourth-order valence-corrected chi connectivity index (χ4v) is 1.96. The fraction of sp³-hybridized carbons (Fsp3) is 0.467. The second-order valence-electron chi connectivity index (χ2n) is 4.89. The minimum absolute atomic E-state index is 0.161. The Labute approximate surface area is 119 Å². The van der Waals surface area contributed by atoms with E-state index in [0.29, 0.717) is 6.61 Å². The monoisotopic (exact) mass is 278 g/mol. The number of nitrogens with one attached hydrogen (secondary N) is 2. The van der Waals surface area contributed by atoms with E-state index in [0.717, 1.165) is 16.8 Å². The number of ether oxygens (including phenoxy) is 1. The lowest BCUT2D eigenvalue weighted by Crippen LogP contribution is -2.37. The van der Waals surface area contributed by atoms with E-state index in [1.807, 2.05) is 32.0 Å². The lowest BCUT2D eigenvalue weighted by Gasteiger charge is -2.14. The minimum Gasteiger partial charge on any atom is -0.466 e. The van der Waals surface area contributed by atoms with Crippen molar-refractivity contribution >= 4 is 17.7 Å². The summed E-state index contributed by atoms with van der Waals surface area (Å²) in [6, 6.07) is 5.21. The first kappa shape index (κ1) is 16.0. The summed E-state index contributed by atoms with van der Waals surface area (Å²) in [4.78, 5) is 23.1. The molecule has 1 rings (SSSR count). The van der Waals surface area contributed by atoms with Gasteiger partial charge in [0.25, 0.3) is 0 Å². The minimum atomic E-state index is -0.327. The van der Waals surface area contributed by atoms with Crippen LogP contribution < -0.4 is 10.6 Å². The van der Waals surface area contributed by atoms with Crippen molar-refractivity contribution in [2.75, 3.05) is 11.9 Å². The molecule has 20 heavy (non-hydrogen) atoms. The smallest absolute Gasteiger partial charge is 0.319 e. The van der Waals surface area contributed by atoms with Crippen LogP contribution in [0.1, 0.15) is 31.4 Å². The van der Waals surface area contributed by atoms with E-state index in [1.165, 1.54) is 0 Å². The number of benzene rings is 1. The van der Waals surface area contributed by atoms with Crippen LogP contribution in [0.5, 0.6) is 0 Å². The molecular weight excluding hydrogens is 256 g/mol. The molecule has 0 saturated carbocycles. The summed E-state index contributed by atoms with van der Waals surface area (Å²) in [6.45, 7) is 7.81. The van der Waals surface area contributed by atoms with Gasteiger partial charge >= 0.3 is 12.0 Å². The zero-order valence-electron chi connectivity index (χ0n) is 12.4. The quantitative estimate of drug-likeness (QED) is 0.814. The van der Waals surface area contributed by atoms with E-state index in [2.05, 4.69) is 10.6 Å². The first-order valence-corrected chi connectivity index (χ1v) is 6.72. The van der Waals surface area contributed by atoms with E-state index >= 15 is 0 Å². The normalized spacial score (nSPS) is 11.6. The summed E-state index contributed by atoms with van der Waals surface area (Å²) in [5.74, 6) is -0.313. The van der Waals surface area contributed by atoms with Crippen LogP contribution in [0.3, 0.4) is 0 Å². The van der Waals surface area contributed by atoms with Crippen LogP contribution in [-0.2, 0) is 9.53 Å². The summed E-state index contributed by atoms with van der Waals surface area (Å²) in [5, 5.41) is 5.46. The van der Waals surface area contributed by atoms with Crippen molar-refractivity contribution in [3.63, 3.8) is 0 Å². The van der Waals surface area contributed by atoms with Crippen LogP contribution in [0.15, 0.2) is 18.2 Å². The van der Waals surface area contributed by atoms with Crippen LogP contribution in [0.2, 0.25) is 0 Å². The van der Waals surface area contributed by atoms with Gasteiger partial charge in [0.2, 0.25) is 0 Å². The molecule has 1 aromatic rings. The summed E-state index contributed by atoms with van der Waals surface area (Å²) in [5.41, 5.74) is 2.91. The molecule has 2 amide bonds. The molecule has 0 aromatic heterocycles. The predicted molar refractivity (Wildman–Crippen MR) is 78.8 cm³/mol. The molecule has 0 aliphatic heterocycles. The third-order valence-electron chi connectivity index (χ3n) is 2.64. The van der Waals surface area contributed by atoms with Gasteiger partial charge in [-0.15, -0.1) is 0 Å². The number of hydrogen-bond donors (Lipinski definition) is 2. The number of hydrogen-bond acceptors (Lipinski definition) is 3. The molecule has 0 heterocycles. The molecule has 2 N–H and O–H groups in total. The number of aryl methyl sites for hydroxylation is 2. The molecule has 0 bridgehead atoms. The zero-order chi connectivity index (χ0) is 15.1. The number of carbonyl (C=O) groups is 2. The maximum Gasteiger partial charge on any atom is 0.319 e. The topological polar surface area (TPSA) is 67.4 Å². The van der Waals surface area contributed by atoms with Crippen molar-refractivity contribution in [2.45, 2.75) is 40.2 Å². The molecule has 0 aliphatic rings. The highest BCUT2D eigenvalue weighted by Crippen LogP contribution is 2.13. The summed E-state index contributed by atoms with van der Waals surface area (Å²) < 4.78 is 4.83. The molecule has 0 radical (unpaired) electrons. The first-order valence-electron chi connectivity index (χ1n) is 6.72. The summed E-state index contributed by atoms with van der Waals surface area (Å²) in [7, 11) is 0. The highest BCUT2D eigenvalue weighted by molar-refractivity contribution is 5.89.